The molecule has 7 heteroatoms. The highest BCUT2D eigenvalue weighted by atomic mass is 32.1. The summed E-state index contributed by atoms with van der Waals surface area (Å²) < 4.78 is 5.07. The molecule has 0 radical (unpaired) electrons. The van der Waals surface area contributed by atoms with Crippen molar-refractivity contribution in [2.75, 3.05) is 11.9 Å². The molecule has 6 nitrogen and oxygen atoms in total. The second-order valence-electron chi connectivity index (χ2n) is 4.90. The second-order valence-corrected chi connectivity index (χ2v) is 5.76. The van der Waals surface area contributed by atoms with Crippen molar-refractivity contribution in [2.24, 2.45) is 0 Å². The van der Waals surface area contributed by atoms with Crippen LogP contribution in [0.25, 0.3) is 0 Å². The molecular weight excluding hydrogens is 316 g/mol. The van der Waals surface area contributed by atoms with E-state index in [-0.39, 0.29) is 24.0 Å². The maximum Gasteiger partial charge on any atom is 0.311 e. The fourth-order valence-electron chi connectivity index (χ4n) is 1.79. The fourth-order valence-corrected chi connectivity index (χ4v) is 2.50. The van der Waals surface area contributed by atoms with E-state index in [1.165, 1.54) is 23.5 Å². The van der Waals surface area contributed by atoms with Crippen LogP contribution < -0.4 is 5.32 Å². The van der Waals surface area contributed by atoms with Crippen LogP contribution >= 0.6 is 11.3 Å². The second kappa shape index (κ2) is 8.28. The van der Waals surface area contributed by atoms with Crippen molar-refractivity contribution in [3.63, 3.8) is 0 Å². The third kappa shape index (κ3) is 5.37. The first-order valence-corrected chi connectivity index (χ1v) is 8.17. The lowest BCUT2D eigenvalue weighted by atomic mass is 10.2. The lowest BCUT2D eigenvalue weighted by Gasteiger charge is -2.02. The normalized spacial score (nSPS) is 10.3. The Bertz CT molecular complexity index is 684. The zero-order valence-corrected chi connectivity index (χ0v) is 13.6. The standard InChI is InChI=1S/C16H18N2O4S/c1-2-3-7-22-14(20)9-12-10-23-16(17-12)18-15(21)11-5-4-6-13(19)8-11/h4-6,8,10,19H,2-3,7,9H2,1H3,(H,17,18,21). The van der Waals surface area contributed by atoms with E-state index in [2.05, 4.69) is 10.3 Å². The van der Waals surface area contributed by atoms with Crippen molar-refractivity contribution in [2.45, 2.75) is 26.2 Å². The number of ether oxygens (including phenoxy) is 1. The topological polar surface area (TPSA) is 88.5 Å². The van der Waals surface area contributed by atoms with Crippen molar-refractivity contribution < 1.29 is 19.4 Å². The number of aromatic hydroxyl groups is 1. The van der Waals surface area contributed by atoms with Crippen LogP contribution in [0.3, 0.4) is 0 Å². The summed E-state index contributed by atoms with van der Waals surface area (Å²) >= 11 is 1.23. The number of thiazole rings is 1. The molecule has 0 saturated heterocycles. The number of unbranched alkanes of at least 4 members (excludes halogenated alkanes) is 1. The predicted octanol–water partition coefficient (Wildman–Crippen LogP) is 2.99. The Morgan fingerprint density at radius 1 is 1.39 bits per heavy atom. The van der Waals surface area contributed by atoms with Gasteiger partial charge >= 0.3 is 5.97 Å². The number of nitrogens with zero attached hydrogens (tertiary/aromatic N) is 1. The Kier molecular flexibility index (Phi) is 6.10. The number of anilines is 1. The van der Waals surface area contributed by atoms with Gasteiger partial charge in [-0.25, -0.2) is 4.98 Å². The number of phenols is 1. The maximum atomic E-state index is 12.0. The number of amides is 1. The summed E-state index contributed by atoms with van der Waals surface area (Å²) in [5, 5.41) is 14.1. The Morgan fingerprint density at radius 3 is 2.96 bits per heavy atom. The SMILES string of the molecule is CCCCOC(=O)Cc1csc(NC(=O)c2cccc(O)c2)n1. The number of hydrogen-bond donors (Lipinski definition) is 2. The van der Waals surface area contributed by atoms with Crippen LogP contribution in [0, 0.1) is 0 Å². The van der Waals surface area contributed by atoms with Crippen LogP contribution in [0.2, 0.25) is 0 Å². The van der Waals surface area contributed by atoms with Crippen LogP contribution in [0.1, 0.15) is 35.8 Å². The zero-order valence-electron chi connectivity index (χ0n) is 12.7. The van der Waals surface area contributed by atoms with Crippen molar-refractivity contribution in [1.82, 2.24) is 4.98 Å². The van der Waals surface area contributed by atoms with Gasteiger partial charge in [-0.2, -0.15) is 0 Å². The van der Waals surface area contributed by atoms with Gasteiger partial charge in [0.2, 0.25) is 0 Å². The number of nitrogens with one attached hydrogen (secondary N) is 1. The Balaban J connectivity index is 1.89. The minimum absolute atomic E-state index is 0.0207. The Morgan fingerprint density at radius 2 is 2.22 bits per heavy atom. The lowest BCUT2D eigenvalue weighted by molar-refractivity contribution is -0.142. The van der Waals surface area contributed by atoms with Crippen LogP contribution in [0.15, 0.2) is 29.6 Å². The van der Waals surface area contributed by atoms with Gasteiger partial charge in [-0.3, -0.25) is 14.9 Å². The van der Waals surface area contributed by atoms with Crippen LogP contribution in [-0.4, -0.2) is 28.6 Å². The molecule has 2 rings (SSSR count). The van der Waals surface area contributed by atoms with Gasteiger partial charge in [-0.05, 0) is 24.6 Å². The number of phenolic OH excluding ortho intramolecular Hbond substituents is 1. The molecule has 0 aliphatic carbocycles. The molecule has 1 heterocycles. The van der Waals surface area contributed by atoms with Crippen molar-refractivity contribution in [3.05, 3.63) is 40.9 Å². The number of benzene rings is 1. The van der Waals surface area contributed by atoms with Gasteiger partial charge in [0.05, 0.1) is 18.7 Å². The lowest BCUT2D eigenvalue weighted by Crippen LogP contribution is -2.12. The van der Waals surface area contributed by atoms with Crippen LogP contribution in [0.4, 0.5) is 5.13 Å². The number of hydrogen-bond acceptors (Lipinski definition) is 6. The maximum absolute atomic E-state index is 12.0. The van der Waals surface area contributed by atoms with Gasteiger partial charge in [0.25, 0.3) is 5.91 Å². The van der Waals surface area contributed by atoms with Crippen molar-refractivity contribution in [3.8, 4) is 5.75 Å². The molecule has 0 spiro atoms. The Hall–Kier alpha value is -2.41. The summed E-state index contributed by atoms with van der Waals surface area (Å²) in [4.78, 5) is 27.8. The first kappa shape index (κ1) is 17.0. The van der Waals surface area contributed by atoms with Gasteiger partial charge in [0, 0.05) is 10.9 Å². The monoisotopic (exact) mass is 334 g/mol. The molecule has 1 amide bonds. The molecule has 23 heavy (non-hydrogen) atoms. The summed E-state index contributed by atoms with van der Waals surface area (Å²) in [6.45, 7) is 2.44. The average molecular weight is 334 g/mol. The average Bonchev–Trinajstić information content (AvgIpc) is 2.94. The summed E-state index contributed by atoms with van der Waals surface area (Å²) in [5.74, 6) is -0.672. The molecule has 0 unspecified atom stereocenters. The van der Waals surface area contributed by atoms with E-state index in [1.807, 2.05) is 6.92 Å². The predicted molar refractivity (Wildman–Crippen MR) is 87.7 cm³/mol. The number of esters is 1. The highest BCUT2D eigenvalue weighted by Crippen LogP contribution is 2.18. The van der Waals surface area contributed by atoms with Gasteiger partial charge in [0.1, 0.15) is 5.75 Å². The van der Waals surface area contributed by atoms with Gasteiger partial charge in [-0.1, -0.05) is 19.4 Å². The van der Waals surface area contributed by atoms with E-state index in [9.17, 15) is 14.7 Å². The molecule has 2 aromatic rings. The van der Waals surface area contributed by atoms with E-state index in [0.29, 0.717) is 23.0 Å². The molecule has 0 fully saturated rings. The molecule has 122 valence electrons. The van der Waals surface area contributed by atoms with Gasteiger partial charge < -0.3 is 9.84 Å². The summed E-state index contributed by atoms with van der Waals surface area (Å²) in [6, 6.07) is 6.04. The molecule has 0 saturated carbocycles. The summed E-state index contributed by atoms with van der Waals surface area (Å²) in [5.41, 5.74) is 0.892. The number of aromatic nitrogens is 1. The minimum atomic E-state index is -0.368. The molecule has 0 atom stereocenters. The first-order chi connectivity index (χ1) is 11.1. The molecule has 0 bridgehead atoms. The van der Waals surface area contributed by atoms with E-state index in [1.54, 1.807) is 17.5 Å². The van der Waals surface area contributed by atoms with Crippen LogP contribution in [0.5, 0.6) is 5.75 Å². The summed E-state index contributed by atoms with van der Waals surface area (Å²) in [6.07, 6.45) is 1.89. The molecule has 2 N–H and O–H groups in total. The highest BCUT2D eigenvalue weighted by molar-refractivity contribution is 7.14. The third-order valence-electron chi connectivity index (χ3n) is 2.97. The molecular formula is C16H18N2O4S. The molecule has 0 aliphatic rings. The number of rotatable bonds is 7. The van der Waals surface area contributed by atoms with Crippen molar-refractivity contribution in [1.29, 1.82) is 0 Å². The van der Waals surface area contributed by atoms with E-state index < -0.39 is 0 Å². The van der Waals surface area contributed by atoms with Crippen molar-refractivity contribution >= 4 is 28.3 Å². The highest BCUT2D eigenvalue weighted by Gasteiger charge is 2.12. The first-order valence-electron chi connectivity index (χ1n) is 7.29. The smallest absolute Gasteiger partial charge is 0.311 e. The minimum Gasteiger partial charge on any atom is -0.508 e. The Labute approximate surface area is 138 Å². The zero-order chi connectivity index (χ0) is 16.7. The van der Waals surface area contributed by atoms with E-state index in [0.717, 1.165) is 12.8 Å². The van der Waals surface area contributed by atoms with Gasteiger partial charge in [0.15, 0.2) is 5.13 Å². The number of carbonyl (C=O) groups excluding carboxylic acids is 2. The van der Waals surface area contributed by atoms with Crippen LogP contribution in [-0.2, 0) is 16.0 Å². The quantitative estimate of drug-likeness (QED) is 0.600. The molecule has 1 aromatic heterocycles. The molecule has 0 aliphatic heterocycles. The van der Waals surface area contributed by atoms with Gasteiger partial charge in [-0.15, -0.1) is 11.3 Å². The third-order valence-corrected chi connectivity index (χ3v) is 3.77. The fraction of sp³-hybridized carbons (Fsp3) is 0.312. The van der Waals surface area contributed by atoms with E-state index in [4.69, 9.17) is 4.74 Å². The number of carbonyl (C=O) groups is 2. The molecule has 1 aromatic carbocycles. The summed E-state index contributed by atoms with van der Waals surface area (Å²) in [7, 11) is 0. The largest absolute Gasteiger partial charge is 0.508 e. The van der Waals surface area contributed by atoms with E-state index >= 15 is 0 Å².